The minimum Gasteiger partial charge on any atom is -0.481 e. The molecule has 5 N–H and O–H groups in total. The molecule has 0 fully saturated rings. The lowest BCUT2D eigenvalue weighted by Crippen LogP contribution is -2.45. The number of amides is 2. The maximum atomic E-state index is 11.7. The van der Waals surface area contributed by atoms with E-state index in [9.17, 15) is 14.4 Å². The van der Waals surface area contributed by atoms with Gasteiger partial charge < -0.3 is 21.1 Å². The van der Waals surface area contributed by atoms with Crippen LogP contribution in [0.5, 0.6) is 0 Å². The van der Waals surface area contributed by atoms with Gasteiger partial charge in [-0.1, -0.05) is 18.2 Å². The predicted octanol–water partition coefficient (Wildman–Crippen LogP) is 0.545. The van der Waals surface area contributed by atoms with Crippen molar-refractivity contribution in [2.45, 2.75) is 25.3 Å². The Kier molecular flexibility index (Phi) is 4.77. The number of nitrogens with one attached hydrogen (secondary N) is 2. The fourth-order valence-electron chi connectivity index (χ4n) is 2.23. The van der Waals surface area contributed by atoms with Crippen molar-refractivity contribution in [3.8, 4) is 0 Å². The van der Waals surface area contributed by atoms with Crippen molar-refractivity contribution in [1.29, 1.82) is 0 Å². The fourth-order valence-corrected chi connectivity index (χ4v) is 2.23. The lowest BCUT2D eigenvalue weighted by atomic mass is 10.0. The van der Waals surface area contributed by atoms with E-state index in [0.29, 0.717) is 0 Å². The number of benzene rings is 1. The molecule has 116 valence electrons. The zero-order valence-corrected chi connectivity index (χ0v) is 11.8. The van der Waals surface area contributed by atoms with Crippen molar-refractivity contribution in [3.63, 3.8) is 0 Å². The van der Waals surface area contributed by atoms with E-state index >= 15 is 0 Å². The van der Waals surface area contributed by atoms with Gasteiger partial charge in [0, 0.05) is 29.9 Å². The van der Waals surface area contributed by atoms with Crippen molar-refractivity contribution < 1.29 is 19.5 Å². The van der Waals surface area contributed by atoms with Crippen molar-refractivity contribution in [3.05, 3.63) is 36.0 Å². The SMILES string of the molecule is NC(=O)[C@H](Cc1c[nH]c2ccccc12)NC(=O)CCC(=O)O. The number of para-hydroxylation sites is 1. The number of rotatable bonds is 7. The van der Waals surface area contributed by atoms with Crippen LogP contribution in [0.15, 0.2) is 30.5 Å². The van der Waals surface area contributed by atoms with E-state index in [4.69, 9.17) is 10.8 Å². The molecule has 0 saturated carbocycles. The van der Waals surface area contributed by atoms with E-state index in [1.165, 1.54) is 0 Å². The van der Waals surface area contributed by atoms with Crippen LogP contribution >= 0.6 is 0 Å². The monoisotopic (exact) mass is 303 g/mol. The summed E-state index contributed by atoms with van der Waals surface area (Å²) in [5, 5.41) is 12.0. The second kappa shape index (κ2) is 6.75. The minimum atomic E-state index is -1.07. The molecule has 1 aromatic carbocycles. The van der Waals surface area contributed by atoms with Crippen LogP contribution < -0.4 is 11.1 Å². The summed E-state index contributed by atoms with van der Waals surface area (Å²) in [5.74, 6) is -2.23. The first-order valence-electron chi connectivity index (χ1n) is 6.83. The van der Waals surface area contributed by atoms with Crippen LogP contribution in [0.1, 0.15) is 18.4 Å². The van der Waals surface area contributed by atoms with Crippen molar-refractivity contribution >= 4 is 28.7 Å². The smallest absolute Gasteiger partial charge is 0.303 e. The normalized spacial score (nSPS) is 12.0. The molecule has 7 heteroatoms. The van der Waals surface area contributed by atoms with Gasteiger partial charge in [0.1, 0.15) is 6.04 Å². The molecular weight excluding hydrogens is 286 g/mol. The van der Waals surface area contributed by atoms with Gasteiger partial charge >= 0.3 is 5.97 Å². The molecule has 0 aliphatic heterocycles. The summed E-state index contributed by atoms with van der Waals surface area (Å²) in [5.41, 5.74) is 7.11. The standard InChI is InChI=1S/C15H17N3O4/c16-15(22)12(18-13(19)5-6-14(20)21)7-9-8-17-11-4-2-1-3-10(9)11/h1-4,8,12,17H,5-7H2,(H2,16,22)(H,18,19)(H,20,21)/t12-/m0/s1. The Morgan fingerprint density at radius 2 is 1.95 bits per heavy atom. The number of aromatic amines is 1. The molecule has 2 amide bonds. The first kappa shape index (κ1) is 15.6. The van der Waals surface area contributed by atoms with Crippen LogP contribution in [0, 0.1) is 0 Å². The van der Waals surface area contributed by atoms with Gasteiger partial charge in [-0.05, 0) is 11.6 Å². The van der Waals surface area contributed by atoms with E-state index in [1.807, 2.05) is 24.3 Å². The van der Waals surface area contributed by atoms with Gasteiger partial charge in [0.25, 0.3) is 0 Å². The van der Waals surface area contributed by atoms with E-state index < -0.39 is 23.8 Å². The highest BCUT2D eigenvalue weighted by Crippen LogP contribution is 2.19. The fraction of sp³-hybridized carbons (Fsp3) is 0.267. The number of aliphatic carboxylic acids is 1. The third-order valence-electron chi connectivity index (χ3n) is 3.34. The second-order valence-electron chi connectivity index (χ2n) is 4.98. The molecule has 22 heavy (non-hydrogen) atoms. The number of fused-ring (bicyclic) bond motifs is 1. The number of primary amides is 1. The van der Waals surface area contributed by atoms with Crippen LogP contribution in [0.2, 0.25) is 0 Å². The Balaban J connectivity index is 2.07. The number of carbonyl (C=O) groups is 3. The molecule has 0 aliphatic carbocycles. The molecule has 1 heterocycles. The number of aromatic nitrogens is 1. The van der Waals surface area contributed by atoms with E-state index in [1.54, 1.807) is 6.20 Å². The summed E-state index contributed by atoms with van der Waals surface area (Å²) >= 11 is 0. The average molecular weight is 303 g/mol. The quantitative estimate of drug-likeness (QED) is 0.595. The maximum absolute atomic E-state index is 11.7. The summed E-state index contributed by atoms with van der Waals surface area (Å²) in [7, 11) is 0. The highest BCUT2D eigenvalue weighted by atomic mass is 16.4. The molecule has 2 rings (SSSR count). The molecular formula is C15H17N3O4. The maximum Gasteiger partial charge on any atom is 0.303 e. The van der Waals surface area contributed by atoms with Crippen LogP contribution in [0.25, 0.3) is 10.9 Å². The van der Waals surface area contributed by atoms with Gasteiger partial charge in [-0.3, -0.25) is 14.4 Å². The number of hydrogen-bond acceptors (Lipinski definition) is 3. The summed E-state index contributed by atoms with van der Waals surface area (Å²) < 4.78 is 0. The van der Waals surface area contributed by atoms with Gasteiger partial charge in [0.05, 0.1) is 6.42 Å². The molecule has 0 saturated heterocycles. The topological polar surface area (TPSA) is 125 Å². The zero-order chi connectivity index (χ0) is 16.1. The van der Waals surface area contributed by atoms with Crippen LogP contribution in [0.4, 0.5) is 0 Å². The number of carbonyl (C=O) groups excluding carboxylic acids is 2. The van der Waals surface area contributed by atoms with Crippen LogP contribution in [0.3, 0.4) is 0 Å². The summed E-state index contributed by atoms with van der Waals surface area (Å²) in [6.45, 7) is 0. The van der Waals surface area contributed by atoms with Crippen molar-refractivity contribution in [2.75, 3.05) is 0 Å². The first-order chi connectivity index (χ1) is 10.5. The van der Waals surface area contributed by atoms with Crippen molar-refractivity contribution in [1.82, 2.24) is 10.3 Å². The number of carboxylic acid groups (broad SMARTS) is 1. The summed E-state index contributed by atoms with van der Waals surface area (Å²) in [6.07, 6.45) is 1.54. The lowest BCUT2D eigenvalue weighted by Gasteiger charge is -2.15. The van der Waals surface area contributed by atoms with Gasteiger partial charge in [-0.2, -0.15) is 0 Å². The molecule has 1 aromatic heterocycles. The Labute approximate surface area is 126 Å². The van der Waals surface area contributed by atoms with E-state index in [-0.39, 0.29) is 19.3 Å². The highest BCUT2D eigenvalue weighted by Gasteiger charge is 2.20. The Bertz CT molecular complexity index is 708. The zero-order valence-electron chi connectivity index (χ0n) is 11.8. The van der Waals surface area contributed by atoms with Crippen LogP contribution in [-0.4, -0.2) is 33.9 Å². The third kappa shape index (κ3) is 3.85. The molecule has 0 radical (unpaired) electrons. The first-order valence-corrected chi connectivity index (χ1v) is 6.83. The molecule has 7 nitrogen and oxygen atoms in total. The van der Waals surface area contributed by atoms with E-state index in [2.05, 4.69) is 10.3 Å². The highest BCUT2D eigenvalue weighted by molar-refractivity contribution is 5.89. The molecule has 0 unspecified atom stereocenters. The van der Waals surface area contributed by atoms with Gasteiger partial charge in [-0.15, -0.1) is 0 Å². The predicted molar refractivity (Wildman–Crippen MR) is 80.0 cm³/mol. The third-order valence-corrected chi connectivity index (χ3v) is 3.34. The molecule has 2 aromatic rings. The Morgan fingerprint density at radius 3 is 2.64 bits per heavy atom. The van der Waals surface area contributed by atoms with Gasteiger partial charge in [0.15, 0.2) is 0 Å². The van der Waals surface area contributed by atoms with E-state index in [0.717, 1.165) is 16.5 Å². The molecule has 1 atom stereocenters. The minimum absolute atomic E-state index is 0.188. The molecule has 0 spiro atoms. The molecule has 0 bridgehead atoms. The van der Waals surface area contributed by atoms with Gasteiger partial charge in [0.2, 0.25) is 11.8 Å². The second-order valence-corrected chi connectivity index (χ2v) is 4.98. The summed E-state index contributed by atoms with van der Waals surface area (Å²) in [4.78, 5) is 36.7. The van der Waals surface area contributed by atoms with Gasteiger partial charge in [-0.25, -0.2) is 0 Å². The largest absolute Gasteiger partial charge is 0.481 e. The number of hydrogen-bond donors (Lipinski definition) is 4. The lowest BCUT2D eigenvalue weighted by molar-refractivity contribution is -0.139. The Hall–Kier alpha value is -2.83. The summed E-state index contributed by atoms with van der Waals surface area (Å²) in [6, 6.07) is 6.71. The Morgan fingerprint density at radius 1 is 1.23 bits per heavy atom. The number of H-pyrrole nitrogens is 1. The number of nitrogens with two attached hydrogens (primary N) is 1. The van der Waals surface area contributed by atoms with Crippen molar-refractivity contribution in [2.24, 2.45) is 5.73 Å². The average Bonchev–Trinajstić information content (AvgIpc) is 2.87. The molecule has 0 aliphatic rings. The van der Waals surface area contributed by atoms with Crippen LogP contribution in [-0.2, 0) is 20.8 Å². The number of carboxylic acids is 1.